The minimum atomic E-state index is -0.645. The lowest BCUT2D eigenvalue weighted by Crippen LogP contribution is -2.46. The van der Waals surface area contributed by atoms with Crippen LogP contribution in [-0.4, -0.2) is 30.2 Å². The molecular formula is C13H16N2O3S. The van der Waals surface area contributed by atoms with E-state index >= 15 is 0 Å². The summed E-state index contributed by atoms with van der Waals surface area (Å²) < 4.78 is 11.1. The number of fused-ring (bicyclic) bond motifs is 1. The third-order valence-electron chi connectivity index (χ3n) is 2.87. The first-order valence-electron chi connectivity index (χ1n) is 6.03. The molecule has 0 aromatic heterocycles. The van der Waals surface area contributed by atoms with Crippen LogP contribution in [-0.2, 0) is 4.79 Å². The van der Waals surface area contributed by atoms with E-state index in [1.807, 2.05) is 19.1 Å². The maximum Gasteiger partial charge on any atom is 0.264 e. The van der Waals surface area contributed by atoms with Crippen molar-refractivity contribution in [3.63, 3.8) is 0 Å². The van der Waals surface area contributed by atoms with Gasteiger partial charge in [-0.2, -0.15) is 0 Å². The molecular weight excluding hydrogens is 264 g/mol. The Bertz CT molecular complexity index is 493. The van der Waals surface area contributed by atoms with E-state index < -0.39 is 6.10 Å². The summed E-state index contributed by atoms with van der Waals surface area (Å²) in [7, 11) is 0. The van der Waals surface area contributed by atoms with Gasteiger partial charge in [-0.1, -0.05) is 31.3 Å². The minimum Gasteiger partial charge on any atom is -0.485 e. The van der Waals surface area contributed by atoms with Gasteiger partial charge in [-0.25, -0.2) is 0 Å². The van der Waals surface area contributed by atoms with Crippen LogP contribution in [0, 0.1) is 5.92 Å². The third kappa shape index (κ3) is 3.35. The molecule has 19 heavy (non-hydrogen) atoms. The summed E-state index contributed by atoms with van der Waals surface area (Å²) in [6.45, 7) is 2.45. The Labute approximate surface area is 117 Å². The highest BCUT2D eigenvalue weighted by Gasteiger charge is 2.27. The molecule has 0 fully saturated rings. The van der Waals surface area contributed by atoms with E-state index in [4.69, 9.17) is 27.4 Å². The molecule has 0 saturated heterocycles. The summed E-state index contributed by atoms with van der Waals surface area (Å²) in [5.41, 5.74) is 5.49. The molecule has 1 aliphatic rings. The summed E-state index contributed by atoms with van der Waals surface area (Å²) in [6.07, 6.45) is -0.645. The van der Waals surface area contributed by atoms with Gasteiger partial charge >= 0.3 is 0 Å². The second kappa shape index (κ2) is 5.88. The van der Waals surface area contributed by atoms with Crippen molar-refractivity contribution in [3.8, 4) is 11.5 Å². The summed E-state index contributed by atoms with van der Waals surface area (Å²) in [5, 5.41) is 2.75. The molecule has 6 heteroatoms. The molecule has 0 saturated carbocycles. The molecule has 1 aromatic carbocycles. The molecule has 0 bridgehead atoms. The van der Waals surface area contributed by atoms with Crippen molar-refractivity contribution in [3.05, 3.63) is 24.3 Å². The van der Waals surface area contributed by atoms with E-state index in [-0.39, 0.29) is 18.4 Å². The second-order valence-corrected chi connectivity index (χ2v) is 4.88. The number of benzene rings is 1. The number of carbonyl (C=O) groups excluding carboxylic acids is 1. The van der Waals surface area contributed by atoms with Gasteiger partial charge in [0.25, 0.3) is 5.91 Å². The normalized spacial score (nSPS) is 18.5. The Kier molecular flexibility index (Phi) is 4.21. The zero-order chi connectivity index (χ0) is 13.8. The largest absolute Gasteiger partial charge is 0.485 e. The molecule has 2 unspecified atom stereocenters. The van der Waals surface area contributed by atoms with E-state index in [1.165, 1.54) is 0 Å². The van der Waals surface area contributed by atoms with Crippen LogP contribution in [0.25, 0.3) is 0 Å². The number of rotatable bonds is 4. The van der Waals surface area contributed by atoms with Gasteiger partial charge in [0.1, 0.15) is 6.61 Å². The number of hydrogen-bond acceptors (Lipinski definition) is 4. The standard InChI is InChI=1S/C13H16N2O3S/c1-8(12(14)19)6-15-13(16)11-7-17-9-4-2-3-5-10(9)18-11/h2-5,8,11H,6-7H2,1H3,(H2,14,19)(H,15,16). The van der Waals surface area contributed by atoms with E-state index in [0.717, 1.165) is 0 Å². The zero-order valence-corrected chi connectivity index (χ0v) is 11.4. The highest BCUT2D eigenvalue weighted by Crippen LogP contribution is 2.30. The smallest absolute Gasteiger partial charge is 0.264 e. The number of ether oxygens (including phenoxy) is 2. The highest BCUT2D eigenvalue weighted by atomic mass is 32.1. The molecule has 3 N–H and O–H groups in total. The van der Waals surface area contributed by atoms with Crippen LogP contribution < -0.4 is 20.5 Å². The topological polar surface area (TPSA) is 73.6 Å². The zero-order valence-electron chi connectivity index (χ0n) is 10.6. The molecule has 2 atom stereocenters. The Balaban J connectivity index is 1.90. The molecule has 0 aliphatic carbocycles. The first-order valence-corrected chi connectivity index (χ1v) is 6.44. The van der Waals surface area contributed by atoms with Crippen LogP contribution in [0.4, 0.5) is 0 Å². The van der Waals surface area contributed by atoms with Gasteiger partial charge in [-0.05, 0) is 12.1 Å². The molecule has 5 nitrogen and oxygen atoms in total. The van der Waals surface area contributed by atoms with Gasteiger partial charge in [0.2, 0.25) is 6.10 Å². The predicted octanol–water partition coefficient (Wildman–Crippen LogP) is 0.865. The summed E-state index contributed by atoms with van der Waals surface area (Å²) in [4.78, 5) is 12.3. The summed E-state index contributed by atoms with van der Waals surface area (Å²) >= 11 is 4.85. The number of para-hydroxylation sites is 2. The van der Waals surface area contributed by atoms with Crippen molar-refractivity contribution in [1.82, 2.24) is 5.32 Å². The van der Waals surface area contributed by atoms with Crippen LogP contribution in [0.15, 0.2) is 24.3 Å². The number of thiocarbonyl (C=S) groups is 1. The Morgan fingerprint density at radius 3 is 2.89 bits per heavy atom. The fourth-order valence-corrected chi connectivity index (χ4v) is 1.70. The Morgan fingerprint density at radius 2 is 2.21 bits per heavy atom. The maximum atomic E-state index is 11.9. The van der Waals surface area contributed by atoms with Gasteiger partial charge in [0.15, 0.2) is 11.5 Å². The fraction of sp³-hybridized carbons (Fsp3) is 0.385. The highest BCUT2D eigenvalue weighted by molar-refractivity contribution is 7.80. The third-order valence-corrected chi connectivity index (χ3v) is 3.27. The molecule has 0 spiro atoms. The van der Waals surface area contributed by atoms with Crippen molar-refractivity contribution in [1.29, 1.82) is 0 Å². The monoisotopic (exact) mass is 280 g/mol. The van der Waals surface area contributed by atoms with Crippen molar-refractivity contribution >= 4 is 23.1 Å². The first-order chi connectivity index (χ1) is 9.08. The molecule has 2 rings (SSSR count). The van der Waals surface area contributed by atoms with E-state index in [0.29, 0.717) is 23.0 Å². The maximum absolute atomic E-state index is 11.9. The quantitative estimate of drug-likeness (QED) is 0.800. The van der Waals surface area contributed by atoms with E-state index in [9.17, 15) is 4.79 Å². The molecule has 1 heterocycles. The molecule has 0 radical (unpaired) electrons. The van der Waals surface area contributed by atoms with Crippen LogP contribution in [0.2, 0.25) is 0 Å². The van der Waals surface area contributed by atoms with Crippen LogP contribution in [0.3, 0.4) is 0 Å². The minimum absolute atomic E-state index is 0.0456. The number of hydrogen-bond donors (Lipinski definition) is 2. The average Bonchev–Trinajstić information content (AvgIpc) is 2.43. The lowest BCUT2D eigenvalue weighted by molar-refractivity contribution is -0.130. The lowest BCUT2D eigenvalue weighted by atomic mass is 10.2. The van der Waals surface area contributed by atoms with Gasteiger partial charge in [0.05, 0.1) is 4.99 Å². The Hall–Kier alpha value is -1.82. The summed E-state index contributed by atoms with van der Waals surface area (Å²) in [6, 6.07) is 7.26. The molecule has 1 aromatic rings. The average molecular weight is 280 g/mol. The van der Waals surface area contributed by atoms with Gasteiger partial charge in [-0.3, -0.25) is 4.79 Å². The number of nitrogens with one attached hydrogen (secondary N) is 1. The number of amides is 1. The number of carbonyl (C=O) groups is 1. The first kappa shape index (κ1) is 13.6. The molecule has 102 valence electrons. The van der Waals surface area contributed by atoms with Gasteiger partial charge in [0, 0.05) is 12.5 Å². The van der Waals surface area contributed by atoms with Gasteiger partial charge in [-0.15, -0.1) is 0 Å². The SMILES string of the molecule is CC(CNC(=O)C1COc2ccccc2O1)C(N)=S. The Morgan fingerprint density at radius 1 is 1.53 bits per heavy atom. The van der Waals surface area contributed by atoms with Gasteiger partial charge < -0.3 is 20.5 Å². The van der Waals surface area contributed by atoms with Crippen molar-refractivity contribution in [2.24, 2.45) is 11.7 Å². The lowest BCUT2D eigenvalue weighted by Gasteiger charge is -2.25. The molecule has 1 amide bonds. The van der Waals surface area contributed by atoms with Crippen molar-refractivity contribution < 1.29 is 14.3 Å². The van der Waals surface area contributed by atoms with Crippen LogP contribution in [0.1, 0.15) is 6.92 Å². The van der Waals surface area contributed by atoms with Crippen LogP contribution >= 0.6 is 12.2 Å². The van der Waals surface area contributed by atoms with E-state index in [2.05, 4.69) is 5.32 Å². The molecule has 1 aliphatic heterocycles. The van der Waals surface area contributed by atoms with Crippen molar-refractivity contribution in [2.45, 2.75) is 13.0 Å². The number of nitrogens with two attached hydrogens (primary N) is 1. The predicted molar refractivity (Wildman–Crippen MR) is 75.3 cm³/mol. The second-order valence-electron chi connectivity index (χ2n) is 4.41. The van der Waals surface area contributed by atoms with Crippen LogP contribution in [0.5, 0.6) is 11.5 Å². The fourth-order valence-electron chi connectivity index (χ4n) is 1.62. The summed E-state index contributed by atoms with van der Waals surface area (Å²) in [5.74, 6) is 0.965. The van der Waals surface area contributed by atoms with E-state index in [1.54, 1.807) is 12.1 Å². The van der Waals surface area contributed by atoms with Crippen molar-refractivity contribution in [2.75, 3.05) is 13.2 Å².